The van der Waals surface area contributed by atoms with Gasteiger partial charge < -0.3 is 24.7 Å². The highest BCUT2D eigenvalue weighted by Gasteiger charge is 2.29. The maximum atomic E-state index is 12.3. The van der Waals surface area contributed by atoms with Crippen LogP contribution in [0.3, 0.4) is 0 Å². The first-order chi connectivity index (χ1) is 19.3. The van der Waals surface area contributed by atoms with E-state index in [1.807, 2.05) is 35.8 Å². The average Bonchev–Trinajstić information content (AvgIpc) is 3.56. The molecule has 1 amide bonds. The zero-order chi connectivity index (χ0) is 30.2. The molecule has 16 heteroatoms. The van der Waals surface area contributed by atoms with Crippen LogP contribution in [0.4, 0.5) is 26.3 Å². The Hall–Kier alpha value is -4.18. The average molecular weight is 605 g/mol. The van der Waals surface area contributed by atoms with Crippen molar-refractivity contribution in [2.45, 2.75) is 18.8 Å². The van der Waals surface area contributed by atoms with Crippen molar-refractivity contribution in [1.82, 2.24) is 15.4 Å². The fourth-order valence-electron chi connectivity index (χ4n) is 3.29. The van der Waals surface area contributed by atoms with E-state index in [0.717, 1.165) is 40.2 Å². The quantitative estimate of drug-likeness (QED) is 0.171. The second kappa shape index (κ2) is 13.5. The Bertz CT molecular complexity index is 1470. The van der Waals surface area contributed by atoms with Gasteiger partial charge in [0.15, 0.2) is 6.20 Å². The van der Waals surface area contributed by atoms with Crippen LogP contribution in [0.2, 0.25) is 0 Å². The highest BCUT2D eigenvalue weighted by atomic mass is 32.1. The van der Waals surface area contributed by atoms with E-state index in [4.69, 9.17) is 19.4 Å². The molecule has 0 spiro atoms. The molecule has 0 aliphatic heterocycles. The number of thiophene rings is 1. The van der Waals surface area contributed by atoms with E-state index in [9.17, 15) is 31.1 Å². The zero-order valence-corrected chi connectivity index (χ0v) is 22.0. The number of carboxylic acid groups (broad SMARTS) is 1. The predicted octanol–water partition coefficient (Wildman–Crippen LogP) is 3.55. The number of carboxylic acids is 1. The number of nitrogens with one attached hydrogen (secondary N) is 2. The number of aromatic nitrogens is 3. The third kappa shape index (κ3) is 9.18. The fraction of sp³-hybridized carbons (Fsp3) is 0.280. The molecule has 41 heavy (non-hydrogen) atoms. The van der Waals surface area contributed by atoms with Crippen LogP contribution < -0.4 is 19.7 Å². The summed E-state index contributed by atoms with van der Waals surface area (Å²) in [7, 11) is 1.66. The number of halogens is 6. The number of fused-ring (bicyclic) bond motifs is 1. The number of carbonyl (C=O) groups excluding carboxylic acids is 2. The molecule has 4 rings (SSSR count). The summed E-state index contributed by atoms with van der Waals surface area (Å²) in [5.74, 6) is -2.99. The minimum Gasteiger partial charge on any atom is -0.542 e. The van der Waals surface area contributed by atoms with Crippen molar-refractivity contribution < 1.29 is 55.0 Å². The molecule has 4 aromatic rings. The van der Waals surface area contributed by atoms with E-state index < -0.39 is 30.8 Å². The molecule has 220 valence electrons. The summed E-state index contributed by atoms with van der Waals surface area (Å²) in [6.07, 6.45) is -3.46. The SMILES string of the molecule is COCCCOc1ccc(-c2cnc3c(-c4csc(C(=O)NCC(F)(F)F)c4)c[nH][n+]3c2)cc1.O=C([O-])C(F)(F)F. The van der Waals surface area contributed by atoms with Crippen LogP contribution in [0.25, 0.3) is 27.9 Å². The van der Waals surface area contributed by atoms with E-state index in [2.05, 4.69) is 10.1 Å². The van der Waals surface area contributed by atoms with E-state index in [0.29, 0.717) is 24.4 Å². The Kier molecular flexibility index (Phi) is 10.3. The smallest absolute Gasteiger partial charge is 0.430 e. The van der Waals surface area contributed by atoms with Crippen molar-refractivity contribution in [2.75, 3.05) is 26.9 Å². The summed E-state index contributed by atoms with van der Waals surface area (Å²) in [5, 5.41) is 15.5. The number of aromatic amines is 1. The third-order valence-corrected chi connectivity index (χ3v) is 6.10. The van der Waals surface area contributed by atoms with Crippen molar-refractivity contribution in [3.63, 3.8) is 0 Å². The molecule has 0 aliphatic carbocycles. The number of aliphatic carboxylic acids is 1. The van der Waals surface area contributed by atoms with E-state index in [-0.39, 0.29) is 4.88 Å². The molecule has 3 heterocycles. The largest absolute Gasteiger partial charge is 0.542 e. The molecule has 0 saturated carbocycles. The molecule has 2 N–H and O–H groups in total. The number of nitrogens with zero attached hydrogens (tertiary/aromatic N) is 2. The summed E-state index contributed by atoms with van der Waals surface area (Å²) in [5.41, 5.74) is 3.89. The maximum Gasteiger partial charge on any atom is 0.430 e. The molecule has 0 radical (unpaired) electrons. The lowest BCUT2D eigenvalue weighted by Crippen LogP contribution is -2.37. The van der Waals surface area contributed by atoms with Crippen molar-refractivity contribution in [3.05, 3.63) is 59.2 Å². The number of carbonyl (C=O) groups is 2. The second-order valence-corrected chi connectivity index (χ2v) is 9.14. The number of methoxy groups -OCH3 is 1. The molecule has 0 atom stereocenters. The van der Waals surface area contributed by atoms with Gasteiger partial charge in [-0.15, -0.1) is 15.9 Å². The van der Waals surface area contributed by atoms with Gasteiger partial charge in [-0.2, -0.15) is 26.3 Å². The Labute approximate surface area is 232 Å². The summed E-state index contributed by atoms with van der Waals surface area (Å²) >= 11 is 1.08. The summed E-state index contributed by atoms with van der Waals surface area (Å²) in [4.78, 5) is 25.5. The van der Waals surface area contributed by atoms with E-state index in [1.54, 1.807) is 35.5 Å². The molecule has 0 unspecified atom stereocenters. The number of hydrogen-bond acceptors (Lipinski definition) is 7. The van der Waals surface area contributed by atoms with Crippen LogP contribution in [0.1, 0.15) is 16.1 Å². The Morgan fingerprint density at radius 3 is 2.37 bits per heavy atom. The van der Waals surface area contributed by atoms with Crippen molar-refractivity contribution in [2.24, 2.45) is 0 Å². The third-order valence-electron chi connectivity index (χ3n) is 5.18. The molecule has 0 aliphatic rings. The molecule has 9 nitrogen and oxygen atoms in total. The number of hydrogen-bond donors (Lipinski definition) is 2. The fourth-order valence-corrected chi connectivity index (χ4v) is 4.11. The number of rotatable bonds is 9. The first-order valence-corrected chi connectivity index (χ1v) is 12.5. The van der Waals surface area contributed by atoms with Crippen LogP contribution in [-0.4, -0.2) is 61.2 Å². The van der Waals surface area contributed by atoms with E-state index >= 15 is 0 Å². The monoisotopic (exact) mass is 604 g/mol. The summed E-state index contributed by atoms with van der Waals surface area (Å²) in [6, 6.07) is 9.25. The Balaban J connectivity index is 0.000000587. The summed E-state index contributed by atoms with van der Waals surface area (Å²) in [6.45, 7) is -0.138. The number of H-pyrrole nitrogens is 1. The van der Waals surface area contributed by atoms with Gasteiger partial charge in [-0.05, 0) is 34.1 Å². The topological polar surface area (TPSA) is 120 Å². The van der Waals surface area contributed by atoms with Crippen LogP contribution in [0.15, 0.2) is 54.3 Å². The normalized spacial score (nSPS) is 11.6. The van der Waals surface area contributed by atoms with Gasteiger partial charge >= 0.3 is 18.0 Å². The van der Waals surface area contributed by atoms with Crippen LogP contribution in [0, 0.1) is 0 Å². The minimum absolute atomic E-state index is 0.194. The molecule has 0 fully saturated rings. The molecule has 3 aromatic heterocycles. The first kappa shape index (κ1) is 31.3. The van der Waals surface area contributed by atoms with Gasteiger partial charge in [0.05, 0.1) is 28.8 Å². The highest BCUT2D eigenvalue weighted by molar-refractivity contribution is 7.12. The summed E-state index contributed by atoms with van der Waals surface area (Å²) < 4.78 is 81.0. The van der Waals surface area contributed by atoms with Gasteiger partial charge in [0, 0.05) is 25.7 Å². The van der Waals surface area contributed by atoms with E-state index in [1.165, 1.54) is 0 Å². The number of ether oxygens (including phenoxy) is 2. The first-order valence-electron chi connectivity index (χ1n) is 11.6. The Morgan fingerprint density at radius 1 is 1.07 bits per heavy atom. The highest BCUT2D eigenvalue weighted by Crippen LogP contribution is 2.28. The van der Waals surface area contributed by atoms with Crippen LogP contribution >= 0.6 is 11.3 Å². The van der Waals surface area contributed by atoms with Crippen molar-refractivity contribution >= 4 is 28.9 Å². The molecular formula is C25H22F6N4O5S. The number of amides is 1. The van der Waals surface area contributed by atoms with Crippen molar-refractivity contribution in [3.8, 4) is 28.0 Å². The lowest BCUT2D eigenvalue weighted by atomic mass is 10.1. The number of alkyl halides is 6. The zero-order valence-electron chi connectivity index (χ0n) is 21.1. The lowest BCUT2D eigenvalue weighted by molar-refractivity contribution is -0.578. The maximum absolute atomic E-state index is 12.3. The Morgan fingerprint density at radius 2 is 1.76 bits per heavy atom. The van der Waals surface area contributed by atoms with Gasteiger partial charge in [0.1, 0.15) is 24.5 Å². The van der Waals surface area contributed by atoms with Gasteiger partial charge in [0.25, 0.3) is 5.91 Å². The lowest BCUT2D eigenvalue weighted by Gasteiger charge is -2.06. The second-order valence-electron chi connectivity index (χ2n) is 8.23. The van der Waals surface area contributed by atoms with Crippen molar-refractivity contribution in [1.29, 1.82) is 0 Å². The van der Waals surface area contributed by atoms with Gasteiger partial charge in [-0.3, -0.25) is 4.79 Å². The minimum atomic E-state index is -5.19. The van der Waals surface area contributed by atoms with Crippen LogP contribution in [0.5, 0.6) is 5.75 Å². The standard InChI is InChI=1S/C23H21F3N4O3S.C2HF3O2/c1-32-7-2-8-33-18-5-3-15(4-6-18)17-10-27-21-19(11-29-30(21)12-17)16-9-20(34-13-16)22(31)28-14-23(24,25)26;3-2(4,5)1(6)7/h3-6,9-13H,2,7-8,14H2,1H3,(H,28,31);(H,6,7). The molecule has 1 aromatic carbocycles. The van der Waals surface area contributed by atoms with Gasteiger partial charge in [-0.1, -0.05) is 12.1 Å². The van der Waals surface area contributed by atoms with Gasteiger partial charge in [-0.25, -0.2) is 5.10 Å². The molecule has 0 bridgehead atoms. The van der Waals surface area contributed by atoms with Crippen LogP contribution in [-0.2, 0) is 9.53 Å². The van der Waals surface area contributed by atoms with Gasteiger partial charge in [0.2, 0.25) is 0 Å². The predicted molar refractivity (Wildman–Crippen MR) is 132 cm³/mol. The molecule has 0 saturated heterocycles. The number of benzene rings is 1. The molecular weight excluding hydrogens is 582 g/mol.